The minimum atomic E-state index is -1.94. The van der Waals surface area contributed by atoms with Gasteiger partial charge in [-0.2, -0.15) is 5.10 Å². The zero-order valence-corrected chi connectivity index (χ0v) is 19.0. The second-order valence-corrected chi connectivity index (χ2v) is 7.86. The van der Waals surface area contributed by atoms with E-state index in [1.807, 2.05) is 18.2 Å². The van der Waals surface area contributed by atoms with Gasteiger partial charge in [-0.25, -0.2) is 19.4 Å². The maximum Gasteiger partial charge on any atom is 0.328 e. The molecule has 3 heterocycles. The third-order valence-electron chi connectivity index (χ3n) is 5.53. The van der Waals surface area contributed by atoms with E-state index in [2.05, 4.69) is 25.7 Å². The molecule has 1 aliphatic rings. The number of hydrogen-bond donors (Lipinski definition) is 2. The van der Waals surface area contributed by atoms with Gasteiger partial charge in [0.15, 0.2) is 0 Å². The summed E-state index contributed by atoms with van der Waals surface area (Å²) < 4.78 is 18.5. The highest BCUT2D eigenvalue weighted by atomic mass is 16.5. The predicted octanol–water partition coefficient (Wildman–Crippen LogP) is 2.13. The lowest BCUT2D eigenvalue weighted by Crippen LogP contribution is -2.69. The molecule has 4 amide bonds. The van der Waals surface area contributed by atoms with Gasteiger partial charge >= 0.3 is 6.03 Å². The topological polar surface area (TPSA) is 147 Å². The standard InChI is InChI=1S/C24H20N6O6/c1-34-9-8-24(21(31)28-23(33)29-22(24)32)36-18-4-2-17(3-5-18)35-19-6-7-20-15(10-19)11-27-30(20)16-12-25-14-26-13-16/h2-7,10-14H,8-9H2,1H3,(H2,28,29,31,32,33). The van der Waals surface area contributed by atoms with E-state index in [0.29, 0.717) is 11.5 Å². The number of methoxy groups -OCH3 is 1. The van der Waals surface area contributed by atoms with Crippen molar-refractivity contribution in [1.82, 2.24) is 30.4 Å². The van der Waals surface area contributed by atoms with Gasteiger partial charge in [0.1, 0.15) is 29.3 Å². The molecule has 2 aromatic carbocycles. The summed E-state index contributed by atoms with van der Waals surface area (Å²) in [5, 5.41) is 9.40. The molecule has 0 aliphatic carbocycles. The van der Waals surface area contributed by atoms with E-state index < -0.39 is 23.4 Å². The van der Waals surface area contributed by atoms with Crippen LogP contribution in [-0.4, -0.2) is 56.9 Å². The summed E-state index contributed by atoms with van der Waals surface area (Å²) in [6.45, 7) is 0.0621. The second-order valence-electron chi connectivity index (χ2n) is 7.86. The molecule has 0 unspecified atom stereocenters. The Bertz CT molecular complexity index is 1420. The predicted molar refractivity (Wildman–Crippen MR) is 125 cm³/mol. The number of hydrogen-bond acceptors (Lipinski definition) is 9. The van der Waals surface area contributed by atoms with Gasteiger partial charge in [-0.05, 0) is 42.5 Å². The van der Waals surface area contributed by atoms with E-state index in [-0.39, 0.29) is 18.8 Å². The van der Waals surface area contributed by atoms with Crippen LogP contribution in [0.3, 0.4) is 0 Å². The van der Waals surface area contributed by atoms with Gasteiger partial charge in [0.05, 0.1) is 30.7 Å². The summed E-state index contributed by atoms with van der Waals surface area (Å²) in [7, 11) is 1.43. The van der Waals surface area contributed by atoms with Crippen molar-refractivity contribution in [2.24, 2.45) is 0 Å². The van der Waals surface area contributed by atoms with Crippen LogP contribution >= 0.6 is 0 Å². The number of rotatable bonds is 8. The van der Waals surface area contributed by atoms with E-state index in [4.69, 9.17) is 14.2 Å². The molecular weight excluding hydrogens is 468 g/mol. The van der Waals surface area contributed by atoms with E-state index in [9.17, 15) is 14.4 Å². The first-order valence-electron chi connectivity index (χ1n) is 10.8. The number of fused-ring (bicyclic) bond motifs is 1. The second kappa shape index (κ2) is 9.43. The number of carbonyl (C=O) groups excluding carboxylic acids is 3. The maximum atomic E-state index is 12.5. The Morgan fingerprint density at radius 3 is 2.25 bits per heavy atom. The van der Waals surface area contributed by atoms with E-state index in [1.165, 1.54) is 13.4 Å². The Morgan fingerprint density at radius 2 is 1.56 bits per heavy atom. The molecule has 5 rings (SSSR count). The third kappa shape index (κ3) is 4.32. The number of ether oxygens (including phenoxy) is 3. The van der Waals surface area contributed by atoms with Crippen LogP contribution < -0.4 is 20.1 Å². The highest BCUT2D eigenvalue weighted by Crippen LogP contribution is 2.30. The lowest BCUT2D eigenvalue weighted by Gasteiger charge is -2.34. The van der Waals surface area contributed by atoms with Gasteiger partial charge in [-0.3, -0.25) is 20.2 Å². The third-order valence-corrected chi connectivity index (χ3v) is 5.53. The number of imide groups is 2. The minimum Gasteiger partial charge on any atom is -0.467 e. The lowest BCUT2D eigenvalue weighted by atomic mass is 9.95. The molecule has 2 aromatic heterocycles. The monoisotopic (exact) mass is 488 g/mol. The number of barbiturate groups is 1. The van der Waals surface area contributed by atoms with Gasteiger partial charge < -0.3 is 14.2 Å². The van der Waals surface area contributed by atoms with Gasteiger partial charge in [0.2, 0.25) is 0 Å². The molecule has 1 fully saturated rings. The summed E-state index contributed by atoms with van der Waals surface area (Å²) in [6.07, 6.45) is 6.43. The van der Waals surface area contributed by atoms with Gasteiger partial charge in [0.25, 0.3) is 17.4 Å². The summed E-state index contributed by atoms with van der Waals surface area (Å²) in [4.78, 5) is 44.6. The van der Waals surface area contributed by atoms with Crippen molar-refractivity contribution in [1.29, 1.82) is 0 Å². The van der Waals surface area contributed by atoms with Crippen molar-refractivity contribution in [3.8, 4) is 22.9 Å². The number of nitrogens with zero attached hydrogens (tertiary/aromatic N) is 4. The van der Waals surface area contributed by atoms with Crippen molar-refractivity contribution in [2.45, 2.75) is 12.0 Å². The van der Waals surface area contributed by atoms with Crippen LogP contribution in [0.2, 0.25) is 0 Å². The summed E-state index contributed by atoms with van der Waals surface area (Å²) in [6, 6.07) is 11.0. The normalized spacial score (nSPS) is 14.9. The van der Waals surface area contributed by atoms with Crippen molar-refractivity contribution < 1.29 is 28.6 Å². The fraction of sp³-hybridized carbons (Fsp3) is 0.167. The molecule has 12 nitrogen and oxygen atoms in total. The number of carbonyl (C=O) groups is 3. The number of nitrogens with one attached hydrogen (secondary N) is 2. The van der Waals surface area contributed by atoms with Crippen molar-refractivity contribution in [3.05, 3.63) is 67.4 Å². The minimum absolute atomic E-state index is 0.0621. The lowest BCUT2D eigenvalue weighted by molar-refractivity contribution is -0.153. The smallest absolute Gasteiger partial charge is 0.328 e. The first kappa shape index (κ1) is 22.9. The molecule has 182 valence electrons. The molecule has 12 heteroatoms. The Hall–Kier alpha value is -4.84. The molecule has 36 heavy (non-hydrogen) atoms. The number of amides is 4. The highest BCUT2D eigenvalue weighted by Gasteiger charge is 2.52. The Balaban J connectivity index is 1.33. The molecule has 4 aromatic rings. The van der Waals surface area contributed by atoms with Crippen LogP contribution in [0.15, 0.2) is 67.4 Å². The number of benzene rings is 2. The highest BCUT2D eigenvalue weighted by molar-refractivity contribution is 6.21. The van der Waals surface area contributed by atoms with Crippen LogP contribution in [0.5, 0.6) is 17.2 Å². The molecule has 0 saturated carbocycles. The van der Waals surface area contributed by atoms with Crippen LogP contribution in [0.4, 0.5) is 4.79 Å². The molecular formula is C24H20N6O6. The fourth-order valence-electron chi connectivity index (χ4n) is 3.75. The van der Waals surface area contributed by atoms with Crippen molar-refractivity contribution in [2.75, 3.05) is 13.7 Å². The van der Waals surface area contributed by atoms with Crippen molar-refractivity contribution >= 4 is 28.7 Å². The van der Waals surface area contributed by atoms with Crippen molar-refractivity contribution in [3.63, 3.8) is 0 Å². The average molecular weight is 488 g/mol. The number of urea groups is 1. The number of aromatic nitrogens is 4. The molecule has 1 aliphatic heterocycles. The average Bonchev–Trinajstić information content (AvgIpc) is 3.30. The summed E-state index contributed by atoms with van der Waals surface area (Å²) in [5.41, 5.74) is -0.337. The molecule has 1 saturated heterocycles. The molecule has 0 bridgehead atoms. The largest absolute Gasteiger partial charge is 0.467 e. The molecule has 0 atom stereocenters. The summed E-state index contributed by atoms with van der Waals surface area (Å²) in [5.74, 6) is -0.389. The SMILES string of the molecule is COCCC1(Oc2ccc(Oc3ccc4c(cnn4-c4cncnc4)c3)cc2)C(=O)NC(=O)NC1=O. The zero-order valence-electron chi connectivity index (χ0n) is 19.0. The Labute approximate surface area is 204 Å². The Kier molecular flexibility index (Phi) is 6.00. The van der Waals surface area contributed by atoms with E-state index in [0.717, 1.165) is 16.6 Å². The quantitative estimate of drug-likeness (QED) is 0.356. The molecule has 0 radical (unpaired) electrons. The fourth-order valence-corrected chi connectivity index (χ4v) is 3.75. The Morgan fingerprint density at radius 1 is 0.889 bits per heavy atom. The van der Waals surface area contributed by atoms with Gasteiger partial charge in [-0.1, -0.05) is 0 Å². The van der Waals surface area contributed by atoms with Crippen LogP contribution in [-0.2, 0) is 14.3 Å². The zero-order chi connectivity index (χ0) is 25.1. The first-order chi connectivity index (χ1) is 17.5. The first-order valence-corrected chi connectivity index (χ1v) is 10.8. The summed E-state index contributed by atoms with van der Waals surface area (Å²) >= 11 is 0. The van der Waals surface area contributed by atoms with E-state index in [1.54, 1.807) is 47.5 Å². The van der Waals surface area contributed by atoms with Gasteiger partial charge in [-0.15, -0.1) is 0 Å². The van der Waals surface area contributed by atoms with Gasteiger partial charge in [0, 0.05) is 18.9 Å². The van der Waals surface area contributed by atoms with Crippen LogP contribution in [0.1, 0.15) is 6.42 Å². The van der Waals surface area contributed by atoms with Crippen LogP contribution in [0, 0.1) is 0 Å². The molecule has 0 spiro atoms. The maximum absolute atomic E-state index is 12.5. The van der Waals surface area contributed by atoms with E-state index >= 15 is 0 Å². The molecule has 2 N–H and O–H groups in total. The van der Waals surface area contributed by atoms with Crippen LogP contribution in [0.25, 0.3) is 16.6 Å².